The molecule has 106 valence electrons. The Morgan fingerprint density at radius 1 is 1.00 bits per heavy atom. The fourth-order valence-corrected chi connectivity index (χ4v) is 3.42. The Kier molecular flexibility index (Phi) is 3.78. The van der Waals surface area contributed by atoms with Gasteiger partial charge in [-0.25, -0.2) is 13.3 Å². The molecule has 0 bridgehead atoms. The van der Waals surface area contributed by atoms with Crippen LogP contribution < -0.4 is 9.75 Å². The van der Waals surface area contributed by atoms with E-state index < -0.39 is 19.7 Å². The van der Waals surface area contributed by atoms with Crippen LogP contribution in [0.1, 0.15) is 5.56 Å². The van der Waals surface area contributed by atoms with Crippen LogP contribution in [0, 0.1) is 18.6 Å². The largest absolute Gasteiger partial charge is 0.212 e. The smallest absolute Gasteiger partial charge is 0.204 e. The van der Waals surface area contributed by atoms with Crippen molar-refractivity contribution in [1.82, 2.24) is 0 Å². The summed E-state index contributed by atoms with van der Waals surface area (Å²) in [5.41, 5.74) is 2.36. The highest BCUT2D eigenvalue weighted by Gasteiger charge is 2.22. The topological polar surface area (TPSA) is 3.88 Å². The van der Waals surface area contributed by atoms with Crippen molar-refractivity contribution in [1.29, 1.82) is 0 Å². The number of benzene rings is 1. The van der Waals surface area contributed by atoms with Crippen molar-refractivity contribution in [3.63, 3.8) is 0 Å². The molecule has 4 heteroatoms. The SMILES string of the molecule is Cc1cc(F)c(F)cc1-c1ccc([Si](C)(C)C)c[n+]1C. The lowest BCUT2D eigenvalue weighted by atomic mass is 10.0. The van der Waals surface area contributed by atoms with E-state index in [0.29, 0.717) is 0 Å². The predicted molar refractivity (Wildman–Crippen MR) is 80.7 cm³/mol. The van der Waals surface area contributed by atoms with Crippen LogP contribution in [0.5, 0.6) is 0 Å². The molecule has 20 heavy (non-hydrogen) atoms. The maximum absolute atomic E-state index is 13.5. The zero-order valence-corrected chi connectivity index (χ0v) is 13.6. The molecule has 0 spiro atoms. The molecule has 0 aliphatic carbocycles. The van der Waals surface area contributed by atoms with E-state index in [1.54, 1.807) is 6.92 Å². The minimum atomic E-state index is -1.38. The summed E-state index contributed by atoms with van der Waals surface area (Å²) in [6, 6.07) is 6.61. The number of pyridine rings is 1. The second-order valence-corrected chi connectivity index (χ2v) is 11.3. The quantitative estimate of drug-likeness (QED) is 0.590. The number of aromatic nitrogens is 1. The van der Waals surface area contributed by atoms with Gasteiger partial charge in [0.2, 0.25) is 5.69 Å². The van der Waals surface area contributed by atoms with Crippen LogP contribution in [0.15, 0.2) is 30.5 Å². The molecule has 1 heterocycles. The van der Waals surface area contributed by atoms with E-state index >= 15 is 0 Å². The Hall–Kier alpha value is -1.55. The molecule has 2 aromatic rings. The van der Waals surface area contributed by atoms with E-state index in [0.717, 1.165) is 16.8 Å². The first-order valence-electron chi connectivity index (χ1n) is 6.66. The lowest BCUT2D eigenvalue weighted by Gasteiger charge is -2.15. The number of rotatable bonds is 2. The van der Waals surface area contributed by atoms with Crippen molar-refractivity contribution in [2.75, 3.05) is 0 Å². The molecule has 1 aromatic heterocycles. The maximum Gasteiger partial charge on any atom is 0.212 e. The van der Waals surface area contributed by atoms with Gasteiger partial charge in [0.1, 0.15) is 7.05 Å². The van der Waals surface area contributed by atoms with Gasteiger partial charge in [-0.2, -0.15) is 0 Å². The van der Waals surface area contributed by atoms with Gasteiger partial charge in [-0.1, -0.05) is 25.7 Å². The summed E-state index contributed by atoms with van der Waals surface area (Å²) in [6.07, 6.45) is 2.10. The molecule has 0 atom stereocenters. The molecule has 0 aliphatic rings. The van der Waals surface area contributed by atoms with Crippen LogP contribution in [0.4, 0.5) is 8.78 Å². The molecule has 0 unspecified atom stereocenters. The standard InChI is InChI=1S/C16H20F2NSi/c1-11-8-14(17)15(18)9-13(11)16-7-6-12(10-19(16)2)20(3,4)5/h6-10H,1-5H3/q+1. The summed E-state index contributed by atoms with van der Waals surface area (Å²) in [6.45, 7) is 8.64. The van der Waals surface area contributed by atoms with Crippen molar-refractivity contribution < 1.29 is 13.3 Å². The molecule has 0 amide bonds. The van der Waals surface area contributed by atoms with Crippen LogP contribution in [0.2, 0.25) is 19.6 Å². The van der Waals surface area contributed by atoms with Gasteiger partial charge in [-0.15, -0.1) is 0 Å². The van der Waals surface area contributed by atoms with Crippen molar-refractivity contribution in [3.05, 3.63) is 47.7 Å². The Morgan fingerprint density at radius 3 is 2.15 bits per heavy atom. The molecular weight excluding hydrogens is 272 g/mol. The van der Waals surface area contributed by atoms with Crippen LogP contribution >= 0.6 is 0 Å². The second-order valence-electron chi connectivity index (χ2n) is 6.25. The van der Waals surface area contributed by atoms with Gasteiger partial charge in [-0.3, -0.25) is 0 Å². The number of hydrogen-bond donors (Lipinski definition) is 0. The molecule has 0 saturated heterocycles. The first kappa shape index (κ1) is 14.8. The van der Waals surface area contributed by atoms with E-state index in [2.05, 4.69) is 31.9 Å². The van der Waals surface area contributed by atoms with E-state index in [4.69, 9.17) is 0 Å². The van der Waals surface area contributed by atoms with Gasteiger partial charge >= 0.3 is 0 Å². The number of nitrogens with zero attached hydrogens (tertiary/aromatic N) is 1. The monoisotopic (exact) mass is 292 g/mol. The first-order valence-corrected chi connectivity index (χ1v) is 10.2. The van der Waals surface area contributed by atoms with Gasteiger partial charge in [0.15, 0.2) is 17.8 Å². The Labute approximate surface area is 119 Å². The van der Waals surface area contributed by atoms with E-state index in [9.17, 15) is 8.78 Å². The summed E-state index contributed by atoms with van der Waals surface area (Å²) in [5, 5.41) is 1.34. The summed E-state index contributed by atoms with van der Waals surface area (Å²) in [4.78, 5) is 0. The fraction of sp³-hybridized carbons (Fsp3) is 0.312. The van der Waals surface area contributed by atoms with Crippen molar-refractivity contribution in [2.45, 2.75) is 26.6 Å². The zero-order valence-electron chi connectivity index (χ0n) is 12.6. The fourth-order valence-electron chi connectivity index (χ4n) is 2.25. The molecule has 0 N–H and O–H groups in total. The van der Waals surface area contributed by atoms with E-state index in [1.807, 2.05) is 17.7 Å². The summed E-state index contributed by atoms with van der Waals surface area (Å²) in [7, 11) is 0.567. The molecule has 0 aliphatic heterocycles. The first-order chi connectivity index (χ1) is 9.20. The Morgan fingerprint density at radius 2 is 1.60 bits per heavy atom. The Bertz CT molecular complexity index is 660. The van der Waals surface area contributed by atoms with Crippen LogP contribution in [0.25, 0.3) is 11.3 Å². The molecule has 1 aromatic carbocycles. The summed E-state index contributed by atoms with van der Waals surface area (Å²) in [5.74, 6) is -1.60. The second kappa shape index (κ2) is 5.09. The Balaban J connectivity index is 2.57. The lowest BCUT2D eigenvalue weighted by Crippen LogP contribution is -2.45. The van der Waals surface area contributed by atoms with Crippen molar-refractivity contribution in [3.8, 4) is 11.3 Å². The lowest BCUT2D eigenvalue weighted by molar-refractivity contribution is -0.659. The van der Waals surface area contributed by atoms with Gasteiger partial charge in [0, 0.05) is 11.3 Å². The number of aryl methyl sites for hydroxylation is 2. The van der Waals surface area contributed by atoms with Gasteiger partial charge in [0.25, 0.3) is 0 Å². The molecule has 0 saturated carbocycles. The third-order valence-corrected chi connectivity index (χ3v) is 5.57. The average molecular weight is 292 g/mol. The average Bonchev–Trinajstić information content (AvgIpc) is 2.33. The van der Waals surface area contributed by atoms with Crippen LogP contribution in [-0.2, 0) is 7.05 Å². The zero-order chi connectivity index (χ0) is 15.1. The van der Waals surface area contributed by atoms with Gasteiger partial charge in [0.05, 0.1) is 13.6 Å². The normalized spacial score (nSPS) is 11.8. The van der Waals surface area contributed by atoms with E-state index in [1.165, 1.54) is 17.3 Å². The predicted octanol–water partition coefficient (Wildman–Crippen LogP) is 3.31. The third-order valence-electron chi connectivity index (χ3n) is 3.54. The van der Waals surface area contributed by atoms with E-state index in [-0.39, 0.29) is 0 Å². The van der Waals surface area contributed by atoms with Crippen molar-refractivity contribution in [2.24, 2.45) is 7.05 Å². The number of hydrogen-bond acceptors (Lipinski definition) is 0. The highest BCUT2D eigenvalue weighted by Crippen LogP contribution is 2.23. The minimum Gasteiger partial charge on any atom is -0.204 e. The molecule has 0 fully saturated rings. The molecular formula is C16H20F2NSi+. The molecule has 2 rings (SSSR count). The van der Waals surface area contributed by atoms with Gasteiger partial charge < -0.3 is 0 Å². The highest BCUT2D eigenvalue weighted by atomic mass is 28.3. The molecule has 1 nitrogen and oxygen atoms in total. The van der Waals surface area contributed by atoms with Crippen molar-refractivity contribution >= 4 is 13.3 Å². The minimum absolute atomic E-state index is 0.730. The van der Waals surface area contributed by atoms with Crippen LogP contribution in [0.3, 0.4) is 0 Å². The number of halogens is 2. The van der Waals surface area contributed by atoms with Crippen LogP contribution in [-0.4, -0.2) is 8.07 Å². The molecule has 0 radical (unpaired) electrons. The van der Waals surface area contributed by atoms with Gasteiger partial charge in [-0.05, 0) is 24.6 Å². The third kappa shape index (κ3) is 2.80. The highest BCUT2D eigenvalue weighted by molar-refractivity contribution is 6.88. The summed E-state index contributed by atoms with van der Waals surface area (Å²) < 4.78 is 28.7. The maximum atomic E-state index is 13.5. The summed E-state index contributed by atoms with van der Waals surface area (Å²) >= 11 is 0.